The summed E-state index contributed by atoms with van der Waals surface area (Å²) in [6.07, 6.45) is 0. The van der Waals surface area contributed by atoms with Crippen LogP contribution in [0.25, 0.3) is 0 Å². The van der Waals surface area contributed by atoms with Gasteiger partial charge < -0.3 is 16.2 Å². The molecular weight excluding hydrogens is 240 g/mol. The Balaban J connectivity index is 2.10. The molecule has 0 heterocycles. The van der Waals surface area contributed by atoms with Gasteiger partial charge in [-0.15, -0.1) is 0 Å². The second kappa shape index (κ2) is 5.44. The predicted molar refractivity (Wildman–Crippen MR) is 74.9 cm³/mol. The summed E-state index contributed by atoms with van der Waals surface area (Å²) >= 11 is 0. The van der Waals surface area contributed by atoms with Gasteiger partial charge in [-0.05, 0) is 30.2 Å². The summed E-state index contributed by atoms with van der Waals surface area (Å²) in [6.45, 7) is 2.40. The zero-order valence-electron chi connectivity index (χ0n) is 10.7. The quantitative estimate of drug-likeness (QED) is 0.582. The maximum Gasteiger partial charge on any atom is 0.255 e. The molecule has 0 unspecified atom stereocenters. The second-order valence-corrected chi connectivity index (χ2v) is 4.35. The van der Waals surface area contributed by atoms with Gasteiger partial charge in [0, 0.05) is 6.54 Å². The molecule has 2 aromatic rings. The molecule has 0 atom stereocenters. The van der Waals surface area contributed by atoms with Crippen LogP contribution < -0.4 is 11.1 Å². The van der Waals surface area contributed by atoms with Gasteiger partial charge in [0.15, 0.2) is 5.75 Å². The third kappa shape index (κ3) is 2.85. The van der Waals surface area contributed by atoms with Gasteiger partial charge in [0.1, 0.15) is 0 Å². The number of nitrogen functional groups attached to an aromatic ring is 1. The van der Waals surface area contributed by atoms with Crippen LogP contribution in [0.2, 0.25) is 0 Å². The number of benzene rings is 2. The van der Waals surface area contributed by atoms with Crippen LogP contribution >= 0.6 is 0 Å². The SMILES string of the molecule is Cc1ccccc1CNC(=O)c1cccc(N)c1O. The van der Waals surface area contributed by atoms with Gasteiger partial charge >= 0.3 is 0 Å². The number of hydrogen-bond donors (Lipinski definition) is 3. The lowest BCUT2D eigenvalue weighted by Gasteiger charge is -2.09. The molecule has 4 heteroatoms. The van der Waals surface area contributed by atoms with E-state index in [0.717, 1.165) is 11.1 Å². The zero-order valence-corrected chi connectivity index (χ0v) is 10.7. The topological polar surface area (TPSA) is 75.4 Å². The van der Waals surface area contributed by atoms with Crippen LogP contribution in [0.4, 0.5) is 5.69 Å². The highest BCUT2D eigenvalue weighted by Crippen LogP contribution is 2.24. The molecule has 98 valence electrons. The molecule has 0 saturated carbocycles. The number of nitrogens with two attached hydrogens (primary N) is 1. The fraction of sp³-hybridized carbons (Fsp3) is 0.133. The number of amides is 1. The molecule has 2 aromatic carbocycles. The largest absolute Gasteiger partial charge is 0.505 e. The minimum Gasteiger partial charge on any atom is -0.505 e. The van der Waals surface area contributed by atoms with Crippen molar-refractivity contribution in [2.24, 2.45) is 0 Å². The maximum atomic E-state index is 12.0. The standard InChI is InChI=1S/C15H16N2O2/c1-10-5-2-3-6-11(10)9-17-15(19)12-7-4-8-13(16)14(12)18/h2-8,18H,9,16H2,1H3,(H,17,19). The Morgan fingerprint density at radius 1 is 1.21 bits per heavy atom. The van der Waals surface area contributed by atoms with E-state index in [1.807, 2.05) is 31.2 Å². The smallest absolute Gasteiger partial charge is 0.255 e. The summed E-state index contributed by atoms with van der Waals surface area (Å²) in [5, 5.41) is 12.5. The molecule has 0 saturated heterocycles. The number of aryl methyl sites for hydroxylation is 1. The number of phenols is 1. The summed E-state index contributed by atoms with van der Waals surface area (Å²) in [5.41, 5.74) is 8.10. The Morgan fingerprint density at radius 2 is 1.95 bits per heavy atom. The fourth-order valence-electron chi connectivity index (χ4n) is 1.82. The minimum atomic E-state index is -0.340. The molecule has 19 heavy (non-hydrogen) atoms. The summed E-state index contributed by atoms with van der Waals surface area (Å²) in [6, 6.07) is 12.5. The average molecular weight is 256 g/mol. The summed E-state index contributed by atoms with van der Waals surface area (Å²) in [7, 11) is 0. The first kappa shape index (κ1) is 13.0. The molecule has 0 aliphatic rings. The van der Waals surface area contributed by atoms with Gasteiger partial charge in [-0.1, -0.05) is 30.3 Å². The van der Waals surface area contributed by atoms with Crippen molar-refractivity contribution >= 4 is 11.6 Å². The molecule has 0 fully saturated rings. The Hall–Kier alpha value is -2.49. The van der Waals surface area contributed by atoms with Crippen LogP contribution in [0, 0.1) is 6.92 Å². The number of nitrogens with one attached hydrogen (secondary N) is 1. The van der Waals surface area contributed by atoms with Crippen molar-refractivity contribution in [3.8, 4) is 5.75 Å². The van der Waals surface area contributed by atoms with Crippen molar-refractivity contribution in [3.05, 3.63) is 59.2 Å². The van der Waals surface area contributed by atoms with E-state index >= 15 is 0 Å². The van der Waals surface area contributed by atoms with E-state index in [-0.39, 0.29) is 22.9 Å². The van der Waals surface area contributed by atoms with Gasteiger partial charge in [0.25, 0.3) is 5.91 Å². The normalized spacial score (nSPS) is 10.2. The van der Waals surface area contributed by atoms with E-state index in [1.54, 1.807) is 18.2 Å². The van der Waals surface area contributed by atoms with Crippen LogP contribution in [0.3, 0.4) is 0 Å². The Kier molecular flexibility index (Phi) is 3.71. The number of para-hydroxylation sites is 1. The molecule has 0 aliphatic heterocycles. The van der Waals surface area contributed by atoms with Crippen LogP contribution in [0.15, 0.2) is 42.5 Å². The first-order valence-electron chi connectivity index (χ1n) is 5.99. The van der Waals surface area contributed by atoms with E-state index in [2.05, 4.69) is 5.32 Å². The first-order valence-corrected chi connectivity index (χ1v) is 5.99. The predicted octanol–water partition coefficient (Wildman–Crippen LogP) is 2.21. The van der Waals surface area contributed by atoms with Crippen molar-refractivity contribution < 1.29 is 9.90 Å². The molecule has 0 bridgehead atoms. The number of anilines is 1. The number of hydrogen-bond acceptors (Lipinski definition) is 3. The number of aromatic hydroxyl groups is 1. The van der Waals surface area contributed by atoms with Crippen molar-refractivity contribution in [2.75, 3.05) is 5.73 Å². The highest BCUT2D eigenvalue weighted by Gasteiger charge is 2.12. The van der Waals surface area contributed by atoms with E-state index < -0.39 is 0 Å². The van der Waals surface area contributed by atoms with Crippen LogP contribution in [0.5, 0.6) is 5.75 Å². The molecule has 0 aliphatic carbocycles. The molecule has 4 nitrogen and oxygen atoms in total. The highest BCUT2D eigenvalue weighted by molar-refractivity contribution is 5.98. The third-order valence-corrected chi connectivity index (χ3v) is 3.01. The van der Waals surface area contributed by atoms with Crippen LogP contribution in [-0.2, 0) is 6.54 Å². The van der Waals surface area contributed by atoms with Gasteiger partial charge in [-0.3, -0.25) is 4.79 Å². The number of carbonyl (C=O) groups is 1. The minimum absolute atomic E-state index is 0.176. The Labute approximate surface area is 111 Å². The zero-order chi connectivity index (χ0) is 13.8. The number of rotatable bonds is 3. The molecular formula is C15H16N2O2. The third-order valence-electron chi connectivity index (χ3n) is 3.01. The fourth-order valence-corrected chi connectivity index (χ4v) is 1.82. The summed E-state index contributed by atoms with van der Waals surface area (Å²) < 4.78 is 0. The van der Waals surface area contributed by atoms with Gasteiger partial charge in [-0.2, -0.15) is 0 Å². The Morgan fingerprint density at radius 3 is 2.68 bits per heavy atom. The van der Waals surface area contributed by atoms with Crippen molar-refractivity contribution in [1.29, 1.82) is 0 Å². The lowest BCUT2D eigenvalue weighted by atomic mass is 10.1. The molecule has 4 N–H and O–H groups in total. The summed E-state index contributed by atoms with van der Waals surface area (Å²) in [5.74, 6) is -0.516. The molecule has 2 rings (SSSR count). The average Bonchev–Trinajstić information content (AvgIpc) is 2.40. The van der Waals surface area contributed by atoms with E-state index in [1.165, 1.54) is 0 Å². The number of phenolic OH excluding ortho intramolecular Hbond substituents is 1. The maximum absolute atomic E-state index is 12.0. The Bertz CT molecular complexity index is 609. The van der Waals surface area contributed by atoms with E-state index in [0.29, 0.717) is 6.54 Å². The van der Waals surface area contributed by atoms with Gasteiger partial charge in [-0.25, -0.2) is 0 Å². The number of carbonyl (C=O) groups excluding carboxylic acids is 1. The molecule has 1 amide bonds. The first-order chi connectivity index (χ1) is 9.09. The molecule has 0 radical (unpaired) electrons. The van der Waals surface area contributed by atoms with Crippen LogP contribution in [0.1, 0.15) is 21.5 Å². The monoisotopic (exact) mass is 256 g/mol. The molecule has 0 aromatic heterocycles. The van der Waals surface area contributed by atoms with E-state index in [9.17, 15) is 9.90 Å². The van der Waals surface area contributed by atoms with Gasteiger partial charge in [0.05, 0.1) is 11.3 Å². The highest BCUT2D eigenvalue weighted by atomic mass is 16.3. The summed E-state index contributed by atoms with van der Waals surface area (Å²) in [4.78, 5) is 12.0. The lowest BCUT2D eigenvalue weighted by Crippen LogP contribution is -2.23. The lowest BCUT2D eigenvalue weighted by molar-refractivity contribution is 0.0948. The van der Waals surface area contributed by atoms with Crippen LogP contribution in [-0.4, -0.2) is 11.0 Å². The second-order valence-electron chi connectivity index (χ2n) is 4.35. The van der Waals surface area contributed by atoms with Gasteiger partial charge in [0.2, 0.25) is 0 Å². The van der Waals surface area contributed by atoms with Crippen molar-refractivity contribution in [1.82, 2.24) is 5.32 Å². The van der Waals surface area contributed by atoms with Crippen molar-refractivity contribution in [3.63, 3.8) is 0 Å². The van der Waals surface area contributed by atoms with Crippen molar-refractivity contribution in [2.45, 2.75) is 13.5 Å². The molecule has 0 spiro atoms. The van der Waals surface area contributed by atoms with E-state index in [4.69, 9.17) is 5.73 Å².